The Morgan fingerprint density at radius 2 is 1.96 bits per heavy atom. The van der Waals surface area contributed by atoms with Crippen LogP contribution in [0.15, 0.2) is 0 Å². The second kappa shape index (κ2) is 8.52. The fraction of sp³-hybridized carbons (Fsp3) is 0.882. The molecule has 0 aromatic heterocycles. The van der Waals surface area contributed by atoms with Crippen LogP contribution in [0.4, 0.5) is 4.79 Å². The number of likely N-dealkylation sites (tertiary alicyclic amines) is 1. The summed E-state index contributed by atoms with van der Waals surface area (Å²) in [6.07, 6.45) is 2.22. The van der Waals surface area contributed by atoms with E-state index >= 15 is 0 Å². The van der Waals surface area contributed by atoms with Crippen molar-refractivity contribution in [3.63, 3.8) is 0 Å². The van der Waals surface area contributed by atoms with Gasteiger partial charge in [0, 0.05) is 12.6 Å². The zero-order chi connectivity index (χ0) is 17.6. The van der Waals surface area contributed by atoms with E-state index < -0.39 is 11.7 Å². The van der Waals surface area contributed by atoms with E-state index in [9.17, 15) is 9.59 Å². The molecule has 6 heteroatoms. The first-order valence-corrected chi connectivity index (χ1v) is 8.43. The molecule has 6 nitrogen and oxygen atoms in total. The van der Waals surface area contributed by atoms with Gasteiger partial charge in [0.1, 0.15) is 11.6 Å². The minimum absolute atomic E-state index is 0.0462. The first-order valence-electron chi connectivity index (χ1n) is 8.43. The van der Waals surface area contributed by atoms with Gasteiger partial charge in [-0.05, 0) is 52.5 Å². The van der Waals surface area contributed by atoms with Gasteiger partial charge in [0.25, 0.3) is 0 Å². The molecule has 23 heavy (non-hydrogen) atoms. The number of nitrogens with zero attached hydrogens (tertiary/aromatic N) is 1. The normalized spacial score (nSPS) is 20.4. The van der Waals surface area contributed by atoms with Gasteiger partial charge in [0.15, 0.2) is 0 Å². The highest BCUT2D eigenvalue weighted by molar-refractivity contribution is 5.76. The largest absolute Gasteiger partial charge is 0.468 e. The number of amides is 1. The fourth-order valence-corrected chi connectivity index (χ4v) is 2.95. The molecule has 1 saturated heterocycles. The van der Waals surface area contributed by atoms with Gasteiger partial charge < -0.3 is 14.8 Å². The molecular weight excluding hydrogens is 296 g/mol. The molecule has 0 bridgehead atoms. The molecule has 1 fully saturated rings. The molecule has 2 atom stereocenters. The van der Waals surface area contributed by atoms with Crippen molar-refractivity contribution in [1.82, 2.24) is 10.2 Å². The number of rotatable bonds is 6. The molecule has 1 rings (SSSR count). The maximum Gasteiger partial charge on any atom is 0.407 e. The summed E-state index contributed by atoms with van der Waals surface area (Å²) in [7, 11) is 1.42. The van der Waals surface area contributed by atoms with E-state index in [1.165, 1.54) is 7.11 Å². The molecule has 0 aromatic rings. The minimum atomic E-state index is -0.519. The summed E-state index contributed by atoms with van der Waals surface area (Å²) in [5, 5.41) is 2.95. The van der Waals surface area contributed by atoms with Gasteiger partial charge in [-0.2, -0.15) is 0 Å². The summed E-state index contributed by atoms with van der Waals surface area (Å²) < 4.78 is 10.2. The Balaban J connectivity index is 2.67. The van der Waals surface area contributed by atoms with Crippen molar-refractivity contribution in [3.8, 4) is 0 Å². The van der Waals surface area contributed by atoms with Crippen molar-refractivity contribution in [3.05, 3.63) is 0 Å². The van der Waals surface area contributed by atoms with Crippen LogP contribution in [0.5, 0.6) is 0 Å². The summed E-state index contributed by atoms with van der Waals surface area (Å²) in [6, 6.07) is -0.245. The molecule has 0 radical (unpaired) electrons. The number of ether oxygens (including phenoxy) is 2. The van der Waals surface area contributed by atoms with Crippen molar-refractivity contribution >= 4 is 12.1 Å². The van der Waals surface area contributed by atoms with Crippen LogP contribution in [0.1, 0.15) is 53.9 Å². The van der Waals surface area contributed by atoms with E-state index in [0.717, 1.165) is 25.8 Å². The Morgan fingerprint density at radius 1 is 1.30 bits per heavy atom. The van der Waals surface area contributed by atoms with Crippen molar-refractivity contribution in [2.24, 2.45) is 5.92 Å². The lowest BCUT2D eigenvalue weighted by molar-refractivity contribution is -0.145. The first kappa shape index (κ1) is 19.7. The number of hydrogen-bond donors (Lipinski definition) is 1. The monoisotopic (exact) mass is 328 g/mol. The highest BCUT2D eigenvalue weighted by Crippen LogP contribution is 2.20. The van der Waals surface area contributed by atoms with Gasteiger partial charge in [-0.1, -0.05) is 13.8 Å². The quantitative estimate of drug-likeness (QED) is 0.759. The summed E-state index contributed by atoms with van der Waals surface area (Å²) in [4.78, 5) is 26.0. The number of carbonyl (C=O) groups excluding carboxylic acids is 2. The standard InChI is InChI=1S/C17H32N2O4/c1-12(2)10-13(18-16(21)23-17(3,4)5)11-19-9-7-8-14(19)15(20)22-6/h12-14H,7-11H2,1-6H3,(H,18,21)/t13?,14-/m0/s1. The predicted molar refractivity (Wildman–Crippen MR) is 89.2 cm³/mol. The molecule has 0 spiro atoms. The highest BCUT2D eigenvalue weighted by Gasteiger charge is 2.33. The van der Waals surface area contributed by atoms with Gasteiger partial charge >= 0.3 is 12.1 Å². The van der Waals surface area contributed by atoms with Gasteiger partial charge in [0.05, 0.1) is 7.11 Å². The minimum Gasteiger partial charge on any atom is -0.468 e. The van der Waals surface area contributed by atoms with Gasteiger partial charge in [-0.25, -0.2) is 4.79 Å². The van der Waals surface area contributed by atoms with Crippen LogP contribution in [0, 0.1) is 5.92 Å². The third-order valence-electron chi connectivity index (χ3n) is 3.77. The number of carbonyl (C=O) groups is 2. The van der Waals surface area contributed by atoms with E-state index in [4.69, 9.17) is 9.47 Å². The fourth-order valence-electron chi connectivity index (χ4n) is 2.95. The van der Waals surface area contributed by atoms with E-state index in [1.54, 1.807) is 0 Å². The Morgan fingerprint density at radius 3 is 2.48 bits per heavy atom. The van der Waals surface area contributed by atoms with Crippen molar-refractivity contribution in [2.75, 3.05) is 20.2 Å². The molecule has 1 aliphatic heterocycles. The SMILES string of the molecule is COC(=O)[C@@H]1CCCN1CC(CC(C)C)NC(=O)OC(C)(C)C. The van der Waals surface area contributed by atoms with Gasteiger partial charge in [-0.15, -0.1) is 0 Å². The average Bonchev–Trinajstić information content (AvgIpc) is 2.82. The van der Waals surface area contributed by atoms with Crippen LogP contribution in [0.3, 0.4) is 0 Å². The number of alkyl carbamates (subject to hydrolysis) is 1. The van der Waals surface area contributed by atoms with Crippen molar-refractivity contribution < 1.29 is 19.1 Å². The topological polar surface area (TPSA) is 67.9 Å². The summed E-state index contributed by atoms with van der Waals surface area (Å²) in [5.74, 6) is 0.247. The highest BCUT2D eigenvalue weighted by atomic mass is 16.6. The van der Waals surface area contributed by atoms with Crippen LogP contribution < -0.4 is 5.32 Å². The molecule has 1 N–H and O–H groups in total. The Bertz CT molecular complexity index is 404. The molecule has 0 saturated carbocycles. The maximum absolute atomic E-state index is 12.1. The lowest BCUT2D eigenvalue weighted by Gasteiger charge is -2.30. The lowest BCUT2D eigenvalue weighted by Crippen LogP contribution is -2.48. The van der Waals surface area contributed by atoms with Crippen molar-refractivity contribution in [2.45, 2.75) is 71.6 Å². The van der Waals surface area contributed by atoms with Gasteiger partial charge in [0.2, 0.25) is 0 Å². The third-order valence-corrected chi connectivity index (χ3v) is 3.77. The molecule has 134 valence electrons. The van der Waals surface area contributed by atoms with Crippen molar-refractivity contribution in [1.29, 1.82) is 0 Å². The number of esters is 1. The summed E-state index contributed by atoms with van der Waals surface area (Å²) >= 11 is 0. The molecular formula is C17H32N2O4. The number of hydrogen-bond acceptors (Lipinski definition) is 5. The van der Waals surface area contributed by atoms with Crippen LogP contribution in [0.25, 0.3) is 0 Å². The second-order valence-electron chi connectivity index (χ2n) is 7.65. The molecule has 1 amide bonds. The predicted octanol–water partition coefficient (Wildman–Crippen LogP) is 2.56. The van der Waals surface area contributed by atoms with E-state index in [-0.39, 0.29) is 18.1 Å². The van der Waals surface area contributed by atoms with E-state index in [1.807, 2.05) is 20.8 Å². The van der Waals surface area contributed by atoms with Crippen LogP contribution in [-0.2, 0) is 14.3 Å². The first-order chi connectivity index (χ1) is 10.6. The zero-order valence-corrected chi connectivity index (χ0v) is 15.3. The zero-order valence-electron chi connectivity index (χ0n) is 15.3. The molecule has 0 aliphatic carbocycles. The second-order valence-corrected chi connectivity index (χ2v) is 7.65. The van der Waals surface area contributed by atoms with Crippen LogP contribution >= 0.6 is 0 Å². The van der Waals surface area contributed by atoms with E-state index in [0.29, 0.717) is 12.5 Å². The molecule has 1 aliphatic rings. The Labute approximate surface area is 139 Å². The maximum atomic E-state index is 12.1. The van der Waals surface area contributed by atoms with Gasteiger partial charge in [-0.3, -0.25) is 9.69 Å². The van der Waals surface area contributed by atoms with Crippen LogP contribution in [0.2, 0.25) is 0 Å². The molecule has 1 heterocycles. The smallest absolute Gasteiger partial charge is 0.407 e. The summed E-state index contributed by atoms with van der Waals surface area (Å²) in [6.45, 7) is 11.3. The third kappa shape index (κ3) is 7.20. The Hall–Kier alpha value is -1.30. The lowest BCUT2D eigenvalue weighted by atomic mass is 10.0. The molecule has 0 aromatic carbocycles. The molecule has 1 unspecified atom stereocenters. The summed E-state index contributed by atoms with van der Waals surface area (Å²) in [5.41, 5.74) is -0.519. The van der Waals surface area contributed by atoms with E-state index in [2.05, 4.69) is 24.1 Å². The number of methoxy groups -OCH3 is 1. The van der Waals surface area contributed by atoms with Crippen LogP contribution in [-0.4, -0.2) is 54.8 Å². The average molecular weight is 328 g/mol. The number of nitrogens with one attached hydrogen (secondary N) is 1. The Kier molecular flexibility index (Phi) is 7.32.